The third kappa shape index (κ3) is 3.40. The summed E-state index contributed by atoms with van der Waals surface area (Å²) in [6.45, 7) is 2.03. The van der Waals surface area contributed by atoms with E-state index in [-0.39, 0.29) is 11.9 Å². The lowest BCUT2D eigenvalue weighted by Gasteiger charge is -2.14. The van der Waals surface area contributed by atoms with Gasteiger partial charge in [0.05, 0.1) is 24.0 Å². The van der Waals surface area contributed by atoms with E-state index in [4.69, 9.17) is 9.47 Å². The van der Waals surface area contributed by atoms with E-state index in [0.29, 0.717) is 23.6 Å². The number of hydrogen-bond acceptors (Lipinski definition) is 5. The molecule has 0 unspecified atom stereocenters. The number of carbonyl (C=O) groups is 1. The van der Waals surface area contributed by atoms with Gasteiger partial charge < -0.3 is 14.5 Å². The summed E-state index contributed by atoms with van der Waals surface area (Å²) in [6, 6.07) is 7.55. The minimum absolute atomic E-state index is 0.150. The van der Waals surface area contributed by atoms with Crippen molar-refractivity contribution >= 4 is 5.97 Å². The second-order valence-corrected chi connectivity index (χ2v) is 5.70. The summed E-state index contributed by atoms with van der Waals surface area (Å²) >= 11 is 0. The lowest BCUT2D eigenvalue weighted by atomic mass is 10.1. The number of aromatic nitrogens is 2. The molecule has 1 heterocycles. The Labute approximate surface area is 140 Å². The molecule has 0 bridgehead atoms. The average molecular weight is 325 g/mol. The van der Waals surface area contributed by atoms with Crippen molar-refractivity contribution in [3.63, 3.8) is 0 Å². The van der Waals surface area contributed by atoms with Gasteiger partial charge in [-0.25, -0.2) is 9.78 Å². The summed E-state index contributed by atoms with van der Waals surface area (Å²) in [6.07, 6.45) is 6.25. The van der Waals surface area contributed by atoms with Crippen LogP contribution in [0.5, 0.6) is 5.75 Å². The highest BCUT2D eigenvalue weighted by Crippen LogP contribution is 2.29. The van der Waals surface area contributed by atoms with E-state index in [1.165, 1.54) is 12.8 Å². The SMILES string of the molecule is CCOC(=O)c1nc(-c2ccc(OC3CCCC3)c(C#N)c2)c[nH]1. The number of esters is 1. The zero-order chi connectivity index (χ0) is 16.9. The standard InChI is InChI=1S/C18H19N3O3/c1-2-23-18(22)17-20-11-15(21-17)12-7-8-16(13(9-12)10-19)24-14-5-3-4-6-14/h7-9,11,14H,2-6H2,1H3,(H,20,21). The highest BCUT2D eigenvalue weighted by molar-refractivity contribution is 5.86. The number of ether oxygens (including phenoxy) is 2. The number of carbonyl (C=O) groups excluding carboxylic acids is 1. The van der Waals surface area contributed by atoms with Crippen LogP contribution in [0.2, 0.25) is 0 Å². The molecule has 1 aromatic heterocycles. The number of rotatable bonds is 5. The average Bonchev–Trinajstić information content (AvgIpc) is 3.27. The first-order valence-corrected chi connectivity index (χ1v) is 8.15. The van der Waals surface area contributed by atoms with E-state index in [2.05, 4.69) is 16.0 Å². The minimum Gasteiger partial charge on any atom is -0.489 e. The number of nitrogens with one attached hydrogen (secondary N) is 1. The maximum absolute atomic E-state index is 11.7. The number of imidazole rings is 1. The van der Waals surface area contributed by atoms with Crippen molar-refractivity contribution in [1.29, 1.82) is 5.26 Å². The Morgan fingerprint density at radius 3 is 2.92 bits per heavy atom. The fourth-order valence-electron chi connectivity index (χ4n) is 2.84. The second kappa shape index (κ2) is 7.18. The Morgan fingerprint density at radius 1 is 1.42 bits per heavy atom. The Kier molecular flexibility index (Phi) is 4.80. The predicted molar refractivity (Wildman–Crippen MR) is 87.6 cm³/mol. The quantitative estimate of drug-likeness (QED) is 0.851. The van der Waals surface area contributed by atoms with Gasteiger partial charge >= 0.3 is 5.97 Å². The third-order valence-electron chi connectivity index (χ3n) is 4.04. The van der Waals surface area contributed by atoms with Gasteiger partial charge in [0.1, 0.15) is 11.8 Å². The van der Waals surface area contributed by atoms with Crippen LogP contribution in [0, 0.1) is 11.3 Å². The van der Waals surface area contributed by atoms with Crippen LogP contribution in [0.15, 0.2) is 24.4 Å². The van der Waals surface area contributed by atoms with Gasteiger partial charge in [-0.3, -0.25) is 0 Å². The molecule has 24 heavy (non-hydrogen) atoms. The maximum atomic E-state index is 11.7. The molecule has 0 saturated heterocycles. The first kappa shape index (κ1) is 16.1. The molecule has 0 radical (unpaired) electrons. The summed E-state index contributed by atoms with van der Waals surface area (Å²) in [4.78, 5) is 18.7. The lowest BCUT2D eigenvalue weighted by Crippen LogP contribution is -2.11. The van der Waals surface area contributed by atoms with Gasteiger partial charge in [-0.05, 0) is 50.8 Å². The fraction of sp³-hybridized carbons (Fsp3) is 0.389. The topological polar surface area (TPSA) is 88.0 Å². The first-order valence-electron chi connectivity index (χ1n) is 8.15. The van der Waals surface area contributed by atoms with Gasteiger partial charge in [-0.2, -0.15) is 5.26 Å². The largest absolute Gasteiger partial charge is 0.489 e. The first-order chi connectivity index (χ1) is 11.7. The monoisotopic (exact) mass is 325 g/mol. The molecule has 124 valence electrons. The number of nitriles is 1. The van der Waals surface area contributed by atoms with Crippen molar-refractivity contribution in [2.45, 2.75) is 38.7 Å². The minimum atomic E-state index is -0.495. The van der Waals surface area contributed by atoms with Crippen molar-refractivity contribution in [3.05, 3.63) is 35.8 Å². The van der Waals surface area contributed by atoms with Gasteiger partial charge in [0, 0.05) is 11.8 Å². The summed E-state index contributed by atoms with van der Waals surface area (Å²) < 4.78 is 10.8. The predicted octanol–water partition coefficient (Wildman–Crippen LogP) is 3.45. The van der Waals surface area contributed by atoms with Crippen molar-refractivity contribution in [2.24, 2.45) is 0 Å². The van der Waals surface area contributed by atoms with Crippen LogP contribution in [0.25, 0.3) is 11.3 Å². The molecule has 3 rings (SSSR count). The highest BCUT2D eigenvalue weighted by atomic mass is 16.5. The molecular weight excluding hydrogens is 306 g/mol. The molecule has 1 saturated carbocycles. The van der Waals surface area contributed by atoms with Gasteiger partial charge in [-0.15, -0.1) is 0 Å². The maximum Gasteiger partial charge on any atom is 0.374 e. The van der Waals surface area contributed by atoms with E-state index in [0.717, 1.165) is 18.4 Å². The lowest BCUT2D eigenvalue weighted by molar-refractivity contribution is 0.0513. The van der Waals surface area contributed by atoms with Gasteiger partial charge in [0.15, 0.2) is 0 Å². The fourth-order valence-corrected chi connectivity index (χ4v) is 2.84. The Hall–Kier alpha value is -2.81. The molecule has 0 amide bonds. The molecule has 6 nitrogen and oxygen atoms in total. The van der Waals surface area contributed by atoms with Crippen molar-refractivity contribution in [3.8, 4) is 23.1 Å². The molecule has 0 aliphatic heterocycles. The second-order valence-electron chi connectivity index (χ2n) is 5.70. The number of nitrogens with zero attached hydrogens (tertiary/aromatic N) is 2. The van der Waals surface area contributed by atoms with Gasteiger partial charge in [0.2, 0.25) is 5.82 Å². The van der Waals surface area contributed by atoms with Crippen LogP contribution in [0.3, 0.4) is 0 Å². The molecule has 1 aromatic carbocycles. The summed E-state index contributed by atoms with van der Waals surface area (Å²) in [7, 11) is 0. The molecule has 1 N–H and O–H groups in total. The summed E-state index contributed by atoms with van der Waals surface area (Å²) in [5.74, 6) is 0.261. The summed E-state index contributed by atoms with van der Waals surface area (Å²) in [5.41, 5.74) is 1.80. The van der Waals surface area contributed by atoms with E-state index in [1.54, 1.807) is 25.3 Å². The Balaban J connectivity index is 1.81. The van der Waals surface area contributed by atoms with Crippen LogP contribution in [0.1, 0.15) is 48.8 Å². The van der Waals surface area contributed by atoms with E-state index < -0.39 is 5.97 Å². The van der Waals surface area contributed by atoms with Crippen LogP contribution < -0.4 is 4.74 Å². The molecular formula is C18H19N3O3. The molecule has 0 atom stereocenters. The Bertz CT molecular complexity index is 770. The van der Waals surface area contributed by atoms with Crippen LogP contribution in [-0.4, -0.2) is 28.6 Å². The zero-order valence-corrected chi connectivity index (χ0v) is 13.5. The number of hydrogen-bond donors (Lipinski definition) is 1. The Morgan fingerprint density at radius 2 is 2.21 bits per heavy atom. The van der Waals surface area contributed by atoms with Crippen molar-refractivity contribution in [1.82, 2.24) is 9.97 Å². The molecule has 2 aromatic rings. The van der Waals surface area contributed by atoms with Crippen LogP contribution in [-0.2, 0) is 4.74 Å². The molecule has 0 spiro atoms. The van der Waals surface area contributed by atoms with Gasteiger partial charge in [0.25, 0.3) is 0 Å². The molecule has 6 heteroatoms. The smallest absolute Gasteiger partial charge is 0.374 e. The zero-order valence-electron chi connectivity index (χ0n) is 13.5. The van der Waals surface area contributed by atoms with Crippen LogP contribution >= 0.6 is 0 Å². The third-order valence-corrected chi connectivity index (χ3v) is 4.04. The van der Waals surface area contributed by atoms with Crippen LogP contribution in [0.4, 0.5) is 0 Å². The molecule has 1 fully saturated rings. The summed E-state index contributed by atoms with van der Waals surface area (Å²) in [5, 5.41) is 9.39. The molecule has 1 aliphatic rings. The van der Waals surface area contributed by atoms with Crippen molar-refractivity contribution in [2.75, 3.05) is 6.61 Å². The molecule has 1 aliphatic carbocycles. The van der Waals surface area contributed by atoms with Crippen molar-refractivity contribution < 1.29 is 14.3 Å². The van der Waals surface area contributed by atoms with E-state index in [1.807, 2.05) is 6.07 Å². The number of benzene rings is 1. The number of H-pyrrole nitrogens is 1. The van der Waals surface area contributed by atoms with E-state index >= 15 is 0 Å². The number of aromatic amines is 1. The normalized spacial score (nSPS) is 14.3. The van der Waals surface area contributed by atoms with Gasteiger partial charge in [-0.1, -0.05) is 0 Å². The van der Waals surface area contributed by atoms with E-state index in [9.17, 15) is 10.1 Å². The highest BCUT2D eigenvalue weighted by Gasteiger charge is 2.19.